The Bertz CT molecular complexity index is 1530. The summed E-state index contributed by atoms with van der Waals surface area (Å²) in [4.78, 5) is 1.37. The number of thioether (sulfide) groups is 1. The molecular formula is C30H32N6O3S. The van der Waals surface area contributed by atoms with Gasteiger partial charge in [0.15, 0.2) is 11.0 Å². The van der Waals surface area contributed by atoms with Crippen LogP contribution in [0.2, 0.25) is 0 Å². The maximum atomic E-state index is 10.8. The molecule has 0 aliphatic heterocycles. The van der Waals surface area contributed by atoms with Crippen LogP contribution < -0.4 is 0 Å². The molecule has 3 unspecified atom stereocenters. The summed E-state index contributed by atoms with van der Waals surface area (Å²) in [5.74, 6) is 0.737. The Morgan fingerprint density at radius 1 is 0.800 bits per heavy atom. The van der Waals surface area contributed by atoms with Crippen LogP contribution in [0.5, 0.6) is 0 Å². The Labute approximate surface area is 237 Å². The predicted octanol–water partition coefficient (Wildman–Crippen LogP) is 4.36. The van der Waals surface area contributed by atoms with Gasteiger partial charge >= 0.3 is 0 Å². The molecule has 0 spiro atoms. The first-order valence-electron chi connectivity index (χ1n) is 13.0. The van der Waals surface area contributed by atoms with Crippen LogP contribution in [-0.2, 0) is 5.41 Å². The standard InChI is InChI=1S/C30H32N6O3S/c1-30(2,3)21-16-14-20(15-17-21)28-32-33-29(35(28)22-10-6-4-7-11-22)40-19-25(37)27(39)26(38)24-18-31-36(34-24)23-12-8-5-9-13-23/h4-18,25-27,37-39H,19H2,1-3H3. The zero-order chi connectivity index (χ0) is 28.3. The molecule has 5 aromatic rings. The van der Waals surface area contributed by atoms with Crippen LogP contribution in [0.15, 0.2) is 96.3 Å². The molecule has 206 valence electrons. The van der Waals surface area contributed by atoms with Crippen molar-refractivity contribution in [2.75, 3.05) is 5.75 Å². The average molecular weight is 557 g/mol. The summed E-state index contributed by atoms with van der Waals surface area (Å²) in [6.45, 7) is 6.52. The minimum absolute atomic E-state index is 0.0317. The van der Waals surface area contributed by atoms with Gasteiger partial charge in [-0.2, -0.15) is 15.0 Å². The molecule has 5 rings (SSSR count). The molecule has 2 aromatic heterocycles. The molecule has 3 aromatic carbocycles. The van der Waals surface area contributed by atoms with Gasteiger partial charge in [-0.1, -0.05) is 93.2 Å². The van der Waals surface area contributed by atoms with Gasteiger partial charge in [-0.05, 0) is 35.2 Å². The van der Waals surface area contributed by atoms with Crippen molar-refractivity contribution < 1.29 is 15.3 Å². The van der Waals surface area contributed by atoms with Gasteiger partial charge in [0, 0.05) is 17.0 Å². The maximum Gasteiger partial charge on any atom is 0.196 e. The minimum Gasteiger partial charge on any atom is -0.389 e. The molecule has 0 amide bonds. The maximum absolute atomic E-state index is 10.8. The van der Waals surface area contributed by atoms with Crippen LogP contribution in [0.25, 0.3) is 22.8 Å². The number of benzene rings is 3. The summed E-state index contributed by atoms with van der Waals surface area (Å²) in [6, 6.07) is 27.3. The van der Waals surface area contributed by atoms with Crippen molar-refractivity contribution in [3.63, 3.8) is 0 Å². The van der Waals surface area contributed by atoms with Crippen molar-refractivity contribution >= 4 is 11.8 Å². The van der Waals surface area contributed by atoms with E-state index in [0.717, 1.165) is 16.9 Å². The molecule has 3 atom stereocenters. The summed E-state index contributed by atoms with van der Waals surface area (Å²) in [5.41, 5.74) is 3.91. The third-order valence-corrected chi connectivity index (χ3v) is 7.59. The Hall–Kier alpha value is -3.83. The number of rotatable bonds is 9. The molecule has 9 nitrogen and oxygen atoms in total. The van der Waals surface area contributed by atoms with E-state index in [1.807, 2.05) is 77.4 Å². The molecule has 0 saturated heterocycles. The van der Waals surface area contributed by atoms with Gasteiger partial charge in [-0.3, -0.25) is 4.57 Å². The van der Waals surface area contributed by atoms with E-state index < -0.39 is 18.3 Å². The van der Waals surface area contributed by atoms with Crippen LogP contribution in [0.4, 0.5) is 0 Å². The monoisotopic (exact) mass is 556 g/mol. The van der Waals surface area contributed by atoms with Crippen LogP contribution in [0.3, 0.4) is 0 Å². The zero-order valence-electron chi connectivity index (χ0n) is 22.5. The van der Waals surface area contributed by atoms with E-state index in [1.54, 1.807) is 0 Å². The summed E-state index contributed by atoms with van der Waals surface area (Å²) in [6.07, 6.45) is -2.79. The van der Waals surface area contributed by atoms with E-state index in [9.17, 15) is 15.3 Å². The Kier molecular flexibility index (Phi) is 8.13. The number of aliphatic hydroxyl groups is 3. The lowest BCUT2D eigenvalue weighted by Crippen LogP contribution is -2.34. The average Bonchev–Trinajstić information content (AvgIpc) is 3.64. The van der Waals surface area contributed by atoms with Crippen molar-refractivity contribution in [1.29, 1.82) is 0 Å². The summed E-state index contributed by atoms with van der Waals surface area (Å²) < 4.78 is 1.93. The van der Waals surface area contributed by atoms with E-state index in [0.29, 0.717) is 11.0 Å². The van der Waals surface area contributed by atoms with E-state index in [2.05, 4.69) is 53.3 Å². The SMILES string of the molecule is CC(C)(C)c1ccc(-c2nnc(SCC(O)C(O)C(O)c3cnn(-c4ccccc4)n3)n2-c2ccccc2)cc1. The Morgan fingerprint density at radius 2 is 1.43 bits per heavy atom. The van der Waals surface area contributed by atoms with E-state index in [4.69, 9.17) is 0 Å². The highest BCUT2D eigenvalue weighted by molar-refractivity contribution is 7.99. The largest absolute Gasteiger partial charge is 0.389 e. The van der Waals surface area contributed by atoms with Gasteiger partial charge < -0.3 is 15.3 Å². The van der Waals surface area contributed by atoms with Gasteiger partial charge in [0.1, 0.15) is 17.9 Å². The number of aromatic nitrogens is 6. The molecule has 3 N–H and O–H groups in total. The molecule has 0 bridgehead atoms. The highest BCUT2D eigenvalue weighted by Gasteiger charge is 2.29. The molecule has 0 aliphatic carbocycles. The molecule has 0 radical (unpaired) electrons. The Balaban J connectivity index is 1.33. The lowest BCUT2D eigenvalue weighted by Gasteiger charge is -2.21. The van der Waals surface area contributed by atoms with Crippen molar-refractivity contribution in [3.8, 4) is 22.8 Å². The first-order valence-corrected chi connectivity index (χ1v) is 14.0. The summed E-state index contributed by atoms with van der Waals surface area (Å²) in [7, 11) is 0. The lowest BCUT2D eigenvalue weighted by molar-refractivity contribution is -0.0531. The van der Waals surface area contributed by atoms with Crippen LogP contribution in [0, 0.1) is 0 Å². The first-order chi connectivity index (χ1) is 19.2. The smallest absolute Gasteiger partial charge is 0.196 e. The number of hydrogen-bond acceptors (Lipinski definition) is 8. The van der Waals surface area contributed by atoms with Crippen molar-refractivity contribution in [2.45, 2.75) is 49.7 Å². The fourth-order valence-electron chi connectivity index (χ4n) is 4.22. The van der Waals surface area contributed by atoms with Gasteiger partial charge in [-0.15, -0.1) is 10.2 Å². The normalized spacial score (nSPS) is 14.2. The molecule has 10 heteroatoms. The van der Waals surface area contributed by atoms with E-state index in [-0.39, 0.29) is 16.9 Å². The molecule has 0 fully saturated rings. The molecule has 40 heavy (non-hydrogen) atoms. The molecule has 0 aliphatic rings. The molecular weight excluding hydrogens is 524 g/mol. The molecule has 0 saturated carbocycles. The number of aliphatic hydroxyl groups excluding tert-OH is 3. The highest BCUT2D eigenvalue weighted by Crippen LogP contribution is 2.31. The number of hydrogen-bond donors (Lipinski definition) is 3. The fourth-order valence-corrected chi connectivity index (χ4v) is 5.16. The van der Waals surface area contributed by atoms with Crippen molar-refractivity contribution in [2.24, 2.45) is 0 Å². The lowest BCUT2D eigenvalue weighted by atomic mass is 9.87. The number of para-hydroxylation sites is 2. The topological polar surface area (TPSA) is 122 Å². The van der Waals surface area contributed by atoms with Crippen LogP contribution in [-0.4, -0.2) is 63.0 Å². The second kappa shape index (κ2) is 11.7. The minimum atomic E-state index is -1.48. The Morgan fingerprint density at radius 3 is 2.05 bits per heavy atom. The molecule has 2 heterocycles. The second-order valence-electron chi connectivity index (χ2n) is 10.5. The fraction of sp³-hybridized carbons (Fsp3) is 0.267. The van der Waals surface area contributed by atoms with Crippen LogP contribution >= 0.6 is 11.8 Å². The predicted molar refractivity (Wildman–Crippen MR) is 155 cm³/mol. The van der Waals surface area contributed by atoms with E-state index in [1.165, 1.54) is 28.3 Å². The first kappa shape index (κ1) is 27.7. The third kappa shape index (κ3) is 6.00. The van der Waals surface area contributed by atoms with Gasteiger partial charge in [0.2, 0.25) is 0 Å². The van der Waals surface area contributed by atoms with E-state index >= 15 is 0 Å². The van der Waals surface area contributed by atoms with Crippen molar-refractivity contribution in [1.82, 2.24) is 29.8 Å². The van der Waals surface area contributed by atoms with Gasteiger partial charge in [-0.25, -0.2) is 0 Å². The van der Waals surface area contributed by atoms with Crippen molar-refractivity contribution in [3.05, 3.63) is 102 Å². The zero-order valence-corrected chi connectivity index (χ0v) is 23.3. The van der Waals surface area contributed by atoms with Gasteiger partial charge in [0.25, 0.3) is 0 Å². The van der Waals surface area contributed by atoms with Gasteiger partial charge in [0.05, 0.1) is 18.0 Å². The number of nitrogens with zero attached hydrogens (tertiary/aromatic N) is 6. The quantitative estimate of drug-likeness (QED) is 0.229. The third-order valence-electron chi connectivity index (χ3n) is 6.56. The second-order valence-corrected chi connectivity index (χ2v) is 11.5. The summed E-state index contributed by atoms with van der Waals surface area (Å²) >= 11 is 1.24. The summed E-state index contributed by atoms with van der Waals surface area (Å²) in [5, 5.41) is 50.1. The van der Waals surface area contributed by atoms with Crippen LogP contribution in [0.1, 0.15) is 38.1 Å². The highest BCUT2D eigenvalue weighted by atomic mass is 32.2.